The lowest BCUT2D eigenvalue weighted by Crippen LogP contribution is -2.24. The van der Waals surface area contributed by atoms with Gasteiger partial charge in [0.25, 0.3) is 0 Å². The standard InChI is InChI=1S/C18H21BrFNO.ClH/c1-3-13(2)21-11-15-10-16(19)6-9-18(15)22-12-14-4-7-17(20)8-5-14;/h4-10,13,21H,3,11-12H2,1-2H3;1H. The van der Waals surface area contributed by atoms with Crippen LogP contribution in [-0.4, -0.2) is 6.04 Å². The topological polar surface area (TPSA) is 21.3 Å². The zero-order chi connectivity index (χ0) is 15.9. The van der Waals surface area contributed by atoms with Crippen molar-refractivity contribution in [2.45, 2.75) is 39.5 Å². The van der Waals surface area contributed by atoms with Gasteiger partial charge < -0.3 is 10.1 Å². The number of halogens is 3. The van der Waals surface area contributed by atoms with E-state index in [2.05, 4.69) is 41.2 Å². The third kappa shape index (κ3) is 6.50. The second-order valence-electron chi connectivity index (χ2n) is 5.36. The van der Waals surface area contributed by atoms with E-state index in [0.29, 0.717) is 12.6 Å². The zero-order valence-electron chi connectivity index (χ0n) is 13.3. The zero-order valence-corrected chi connectivity index (χ0v) is 15.7. The molecule has 0 amide bonds. The predicted molar refractivity (Wildman–Crippen MR) is 98.7 cm³/mol. The maximum atomic E-state index is 12.9. The lowest BCUT2D eigenvalue weighted by atomic mass is 10.1. The van der Waals surface area contributed by atoms with E-state index in [1.165, 1.54) is 12.1 Å². The Bertz CT molecular complexity index is 606. The fraction of sp³-hybridized carbons (Fsp3) is 0.333. The summed E-state index contributed by atoms with van der Waals surface area (Å²) in [5.74, 6) is 0.620. The second kappa shape index (κ2) is 9.91. The van der Waals surface area contributed by atoms with Crippen molar-refractivity contribution in [1.29, 1.82) is 0 Å². The Hall–Kier alpha value is -1.10. The Morgan fingerprint density at radius 1 is 1.17 bits per heavy atom. The lowest BCUT2D eigenvalue weighted by molar-refractivity contribution is 0.301. The van der Waals surface area contributed by atoms with Crippen LogP contribution < -0.4 is 10.1 Å². The predicted octanol–water partition coefficient (Wildman–Crippen LogP) is 5.48. The van der Waals surface area contributed by atoms with Crippen molar-refractivity contribution in [3.63, 3.8) is 0 Å². The Balaban J connectivity index is 0.00000264. The first kappa shape index (κ1) is 19.9. The van der Waals surface area contributed by atoms with Crippen LogP contribution in [0.4, 0.5) is 4.39 Å². The van der Waals surface area contributed by atoms with Crippen LogP contribution >= 0.6 is 28.3 Å². The van der Waals surface area contributed by atoms with E-state index in [9.17, 15) is 4.39 Å². The normalized spacial score (nSPS) is 11.7. The fourth-order valence-corrected chi connectivity index (χ4v) is 2.41. The van der Waals surface area contributed by atoms with Gasteiger partial charge in [0.15, 0.2) is 0 Å². The minimum Gasteiger partial charge on any atom is -0.489 e. The van der Waals surface area contributed by atoms with Gasteiger partial charge in [-0.1, -0.05) is 35.0 Å². The quantitative estimate of drug-likeness (QED) is 0.662. The van der Waals surface area contributed by atoms with Crippen LogP contribution in [0.1, 0.15) is 31.4 Å². The third-order valence-electron chi connectivity index (χ3n) is 3.58. The van der Waals surface area contributed by atoms with Gasteiger partial charge >= 0.3 is 0 Å². The highest BCUT2D eigenvalue weighted by Gasteiger charge is 2.07. The summed E-state index contributed by atoms with van der Waals surface area (Å²) in [6.45, 7) is 5.51. The molecule has 2 nitrogen and oxygen atoms in total. The van der Waals surface area contributed by atoms with Crippen molar-refractivity contribution < 1.29 is 9.13 Å². The van der Waals surface area contributed by atoms with E-state index >= 15 is 0 Å². The van der Waals surface area contributed by atoms with E-state index in [1.807, 2.05) is 12.1 Å². The van der Waals surface area contributed by atoms with Crippen LogP contribution in [-0.2, 0) is 13.2 Å². The summed E-state index contributed by atoms with van der Waals surface area (Å²) >= 11 is 3.50. The molecule has 0 aliphatic carbocycles. The van der Waals surface area contributed by atoms with Crippen LogP contribution in [0.5, 0.6) is 5.75 Å². The Morgan fingerprint density at radius 2 is 1.87 bits per heavy atom. The van der Waals surface area contributed by atoms with Gasteiger partial charge in [-0.2, -0.15) is 0 Å². The highest BCUT2D eigenvalue weighted by molar-refractivity contribution is 9.10. The summed E-state index contributed by atoms with van der Waals surface area (Å²) in [7, 11) is 0. The summed E-state index contributed by atoms with van der Waals surface area (Å²) in [6, 6.07) is 12.8. The summed E-state index contributed by atoms with van der Waals surface area (Å²) in [4.78, 5) is 0. The number of nitrogens with one attached hydrogen (secondary N) is 1. The molecule has 1 N–H and O–H groups in total. The molecule has 1 unspecified atom stereocenters. The fourth-order valence-electron chi connectivity index (χ4n) is 2.00. The number of rotatable bonds is 7. The smallest absolute Gasteiger partial charge is 0.124 e. The van der Waals surface area contributed by atoms with Crippen molar-refractivity contribution in [2.24, 2.45) is 0 Å². The Morgan fingerprint density at radius 3 is 2.52 bits per heavy atom. The van der Waals surface area contributed by atoms with Crippen LogP contribution in [0.25, 0.3) is 0 Å². The minimum absolute atomic E-state index is 0. The molecule has 0 aromatic heterocycles. The van der Waals surface area contributed by atoms with Gasteiger partial charge in [0.2, 0.25) is 0 Å². The summed E-state index contributed by atoms with van der Waals surface area (Å²) in [6.07, 6.45) is 1.08. The highest BCUT2D eigenvalue weighted by Crippen LogP contribution is 2.24. The highest BCUT2D eigenvalue weighted by atomic mass is 79.9. The molecule has 23 heavy (non-hydrogen) atoms. The van der Waals surface area contributed by atoms with Crippen molar-refractivity contribution >= 4 is 28.3 Å². The maximum Gasteiger partial charge on any atom is 0.124 e. The third-order valence-corrected chi connectivity index (χ3v) is 4.08. The lowest BCUT2D eigenvalue weighted by Gasteiger charge is -2.15. The minimum atomic E-state index is -0.231. The van der Waals surface area contributed by atoms with Crippen molar-refractivity contribution in [1.82, 2.24) is 5.32 Å². The molecular weight excluding hydrogens is 381 g/mol. The van der Waals surface area contributed by atoms with Crippen LogP contribution in [0.15, 0.2) is 46.9 Å². The first-order chi connectivity index (χ1) is 10.6. The molecule has 0 aliphatic heterocycles. The van der Waals surface area contributed by atoms with Crippen molar-refractivity contribution in [3.05, 3.63) is 63.9 Å². The molecule has 0 spiro atoms. The molecule has 2 rings (SSSR count). The molecule has 0 fully saturated rings. The molecule has 1 atom stereocenters. The molecule has 5 heteroatoms. The van der Waals surface area contributed by atoms with Gasteiger partial charge in [-0.25, -0.2) is 4.39 Å². The monoisotopic (exact) mass is 401 g/mol. The molecule has 0 saturated heterocycles. The number of hydrogen-bond donors (Lipinski definition) is 1. The number of benzene rings is 2. The van der Waals surface area contributed by atoms with Gasteiger partial charge in [-0.05, 0) is 49.2 Å². The first-order valence-electron chi connectivity index (χ1n) is 7.47. The first-order valence-corrected chi connectivity index (χ1v) is 8.27. The maximum absolute atomic E-state index is 12.9. The molecular formula is C18H22BrClFNO. The summed E-state index contributed by atoms with van der Waals surface area (Å²) in [5.41, 5.74) is 2.06. The Kier molecular flexibility index (Phi) is 8.59. The van der Waals surface area contributed by atoms with E-state index in [-0.39, 0.29) is 18.2 Å². The van der Waals surface area contributed by atoms with E-state index < -0.39 is 0 Å². The van der Waals surface area contributed by atoms with E-state index in [0.717, 1.165) is 34.3 Å². The average Bonchev–Trinajstić information content (AvgIpc) is 2.53. The number of hydrogen-bond acceptors (Lipinski definition) is 2. The molecule has 0 bridgehead atoms. The molecule has 2 aromatic carbocycles. The van der Waals surface area contributed by atoms with Crippen LogP contribution in [0.2, 0.25) is 0 Å². The summed E-state index contributed by atoms with van der Waals surface area (Å²) in [5, 5.41) is 3.47. The second-order valence-corrected chi connectivity index (χ2v) is 6.27. The Labute approximate surface area is 152 Å². The largest absolute Gasteiger partial charge is 0.489 e. The molecule has 0 heterocycles. The molecule has 0 aliphatic rings. The van der Waals surface area contributed by atoms with Crippen LogP contribution in [0, 0.1) is 5.82 Å². The SMILES string of the molecule is CCC(C)NCc1cc(Br)ccc1OCc1ccc(F)cc1.Cl. The van der Waals surface area contributed by atoms with E-state index in [4.69, 9.17) is 4.74 Å². The molecule has 126 valence electrons. The average molecular weight is 403 g/mol. The van der Waals surface area contributed by atoms with Gasteiger partial charge in [-0.15, -0.1) is 12.4 Å². The molecule has 2 aromatic rings. The van der Waals surface area contributed by atoms with Crippen molar-refractivity contribution in [3.8, 4) is 5.75 Å². The van der Waals surface area contributed by atoms with Crippen molar-refractivity contribution in [2.75, 3.05) is 0 Å². The number of ether oxygens (including phenoxy) is 1. The molecule has 0 saturated carbocycles. The van der Waals surface area contributed by atoms with Gasteiger partial charge in [-0.3, -0.25) is 0 Å². The van der Waals surface area contributed by atoms with E-state index in [1.54, 1.807) is 12.1 Å². The molecule has 0 radical (unpaired) electrons. The van der Waals surface area contributed by atoms with Crippen LogP contribution in [0.3, 0.4) is 0 Å². The van der Waals surface area contributed by atoms with Gasteiger partial charge in [0.1, 0.15) is 18.2 Å². The summed E-state index contributed by atoms with van der Waals surface area (Å²) < 4.78 is 19.8. The van der Waals surface area contributed by atoms with Gasteiger partial charge in [0, 0.05) is 22.6 Å². The van der Waals surface area contributed by atoms with Gasteiger partial charge in [0.05, 0.1) is 0 Å².